The Bertz CT molecular complexity index is 703. The fourth-order valence-electron chi connectivity index (χ4n) is 2.23. The van der Waals surface area contributed by atoms with Gasteiger partial charge in [-0.2, -0.15) is 0 Å². The van der Waals surface area contributed by atoms with Gasteiger partial charge in [0.15, 0.2) is 0 Å². The van der Waals surface area contributed by atoms with Crippen molar-refractivity contribution in [3.63, 3.8) is 0 Å². The molecule has 0 heterocycles. The third-order valence-electron chi connectivity index (χ3n) is 3.08. The van der Waals surface area contributed by atoms with E-state index in [0.29, 0.717) is 0 Å². The summed E-state index contributed by atoms with van der Waals surface area (Å²) in [4.78, 5) is 11.1. The lowest BCUT2D eigenvalue weighted by Gasteiger charge is -2.22. The van der Waals surface area contributed by atoms with Crippen molar-refractivity contribution >= 4 is 23.0 Å². The van der Waals surface area contributed by atoms with E-state index >= 15 is 0 Å². The van der Waals surface area contributed by atoms with Crippen molar-refractivity contribution < 1.29 is 9.53 Å². The molecule has 0 spiro atoms. The normalized spacial score (nSPS) is 11.0. The van der Waals surface area contributed by atoms with Gasteiger partial charge in [0.05, 0.1) is 0 Å². The van der Waals surface area contributed by atoms with Gasteiger partial charge in [0.2, 0.25) is 5.91 Å². The maximum Gasteiger partial charge on any atom is 0.221 e. The van der Waals surface area contributed by atoms with E-state index in [1.165, 1.54) is 6.92 Å². The standard InChI is InChI=1S/C19H24N2O2/c1-13-11-17(23-19(3,4)5)9-10-18(13)21-16-8-6-7-15(12-16)20-14(2)22/h6-12,21H,1-5H3,(H,20,22). The van der Waals surface area contributed by atoms with Crippen molar-refractivity contribution in [2.75, 3.05) is 10.6 Å². The highest BCUT2D eigenvalue weighted by atomic mass is 16.5. The molecule has 2 N–H and O–H groups in total. The van der Waals surface area contributed by atoms with Crippen LogP contribution in [0.2, 0.25) is 0 Å². The van der Waals surface area contributed by atoms with Gasteiger partial charge in [-0.05, 0) is 69.7 Å². The van der Waals surface area contributed by atoms with Crippen molar-refractivity contribution in [2.24, 2.45) is 0 Å². The second-order valence-electron chi connectivity index (χ2n) is 6.58. The minimum absolute atomic E-state index is 0.0815. The summed E-state index contributed by atoms with van der Waals surface area (Å²) in [5.74, 6) is 0.773. The Morgan fingerprint density at radius 3 is 2.35 bits per heavy atom. The monoisotopic (exact) mass is 312 g/mol. The van der Waals surface area contributed by atoms with Crippen LogP contribution in [-0.2, 0) is 4.79 Å². The van der Waals surface area contributed by atoms with Crippen LogP contribution in [0.5, 0.6) is 5.75 Å². The molecule has 0 aromatic heterocycles. The van der Waals surface area contributed by atoms with E-state index in [-0.39, 0.29) is 11.5 Å². The molecule has 23 heavy (non-hydrogen) atoms. The van der Waals surface area contributed by atoms with Crippen LogP contribution in [0.4, 0.5) is 17.1 Å². The number of benzene rings is 2. The first kappa shape index (κ1) is 16.9. The molecule has 0 saturated heterocycles. The summed E-state index contributed by atoms with van der Waals surface area (Å²) >= 11 is 0. The lowest BCUT2D eigenvalue weighted by atomic mass is 10.1. The Labute approximate surface area is 137 Å². The number of carbonyl (C=O) groups is 1. The summed E-state index contributed by atoms with van der Waals surface area (Å²) < 4.78 is 5.88. The van der Waals surface area contributed by atoms with Gasteiger partial charge in [-0.1, -0.05) is 6.07 Å². The zero-order chi connectivity index (χ0) is 17.0. The lowest BCUT2D eigenvalue weighted by molar-refractivity contribution is -0.114. The molecule has 2 rings (SSSR count). The number of rotatable bonds is 4. The van der Waals surface area contributed by atoms with Crippen LogP contribution in [0.1, 0.15) is 33.3 Å². The van der Waals surface area contributed by atoms with Crippen LogP contribution < -0.4 is 15.4 Å². The number of ether oxygens (including phenoxy) is 1. The number of amides is 1. The SMILES string of the molecule is CC(=O)Nc1cccc(Nc2ccc(OC(C)(C)C)cc2C)c1. The summed E-state index contributed by atoms with van der Waals surface area (Å²) in [7, 11) is 0. The topological polar surface area (TPSA) is 50.4 Å². The Balaban J connectivity index is 2.15. The van der Waals surface area contributed by atoms with Crippen LogP contribution >= 0.6 is 0 Å². The third-order valence-corrected chi connectivity index (χ3v) is 3.08. The highest BCUT2D eigenvalue weighted by Crippen LogP contribution is 2.27. The molecule has 0 bridgehead atoms. The third kappa shape index (κ3) is 5.33. The van der Waals surface area contributed by atoms with Crippen molar-refractivity contribution in [1.29, 1.82) is 0 Å². The average Bonchev–Trinajstić information content (AvgIpc) is 2.40. The Morgan fingerprint density at radius 1 is 1.04 bits per heavy atom. The van der Waals surface area contributed by atoms with Crippen molar-refractivity contribution in [3.05, 3.63) is 48.0 Å². The van der Waals surface area contributed by atoms with Gasteiger partial charge < -0.3 is 15.4 Å². The van der Waals surface area contributed by atoms with Gasteiger partial charge in [0.1, 0.15) is 11.4 Å². The molecule has 4 nitrogen and oxygen atoms in total. The van der Waals surface area contributed by atoms with Gasteiger partial charge in [-0.15, -0.1) is 0 Å². The molecule has 122 valence electrons. The van der Waals surface area contributed by atoms with Crippen LogP contribution in [0.25, 0.3) is 0 Å². The van der Waals surface area contributed by atoms with Gasteiger partial charge >= 0.3 is 0 Å². The molecule has 0 aliphatic carbocycles. The Kier molecular flexibility index (Phi) is 4.94. The summed E-state index contributed by atoms with van der Waals surface area (Å²) in [5, 5.41) is 6.15. The number of hydrogen-bond acceptors (Lipinski definition) is 3. The fourth-order valence-corrected chi connectivity index (χ4v) is 2.23. The molecule has 1 amide bonds. The molecule has 0 saturated carbocycles. The minimum Gasteiger partial charge on any atom is -0.488 e. The molecule has 0 unspecified atom stereocenters. The summed E-state index contributed by atoms with van der Waals surface area (Å²) in [6, 6.07) is 13.6. The first-order chi connectivity index (χ1) is 10.7. The van der Waals surface area contributed by atoms with Crippen LogP contribution in [0.3, 0.4) is 0 Å². The van der Waals surface area contributed by atoms with Gasteiger partial charge in [-0.3, -0.25) is 4.79 Å². The van der Waals surface area contributed by atoms with Gasteiger partial charge in [0.25, 0.3) is 0 Å². The van der Waals surface area contributed by atoms with Crippen LogP contribution in [0.15, 0.2) is 42.5 Å². The molecule has 0 atom stereocenters. The summed E-state index contributed by atoms with van der Waals surface area (Å²) in [5.41, 5.74) is 3.58. The molecular formula is C19H24N2O2. The maximum atomic E-state index is 11.1. The van der Waals surface area contributed by atoms with Crippen LogP contribution in [-0.4, -0.2) is 11.5 Å². The molecule has 0 fully saturated rings. The van der Waals surface area contributed by atoms with E-state index in [1.807, 2.05) is 70.2 Å². The van der Waals surface area contributed by atoms with Crippen molar-refractivity contribution in [1.82, 2.24) is 0 Å². The smallest absolute Gasteiger partial charge is 0.221 e. The molecule has 0 radical (unpaired) electrons. The van der Waals surface area contributed by atoms with E-state index in [4.69, 9.17) is 4.74 Å². The molecular weight excluding hydrogens is 288 g/mol. The largest absolute Gasteiger partial charge is 0.488 e. The predicted molar refractivity (Wildman–Crippen MR) is 95.6 cm³/mol. The van der Waals surface area contributed by atoms with E-state index in [0.717, 1.165) is 28.4 Å². The van der Waals surface area contributed by atoms with Crippen molar-refractivity contribution in [2.45, 2.75) is 40.2 Å². The zero-order valence-electron chi connectivity index (χ0n) is 14.4. The first-order valence-electron chi connectivity index (χ1n) is 7.67. The average molecular weight is 312 g/mol. The van der Waals surface area contributed by atoms with E-state index in [2.05, 4.69) is 10.6 Å². The van der Waals surface area contributed by atoms with Gasteiger partial charge in [-0.25, -0.2) is 0 Å². The summed E-state index contributed by atoms with van der Waals surface area (Å²) in [6.07, 6.45) is 0. The molecule has 0 aliphatic heterocycles. The fraction of sp³-hybridized carbons (Fsp3) is 0.316. The molecule has 2 aromatic rings. The molecule has 2 aromatic carbocycles. The van der Waals surface area contributed by atoms with Crippen LogP contribution in [0, 0.1) is 6.92 Å². The highest BCUT2D eigenvalue weighted by molar-refractivity contribution is 5.89. The second-order valence-corrected chi connectivity index (χ2v) is 6.58. The first-order valence-corrected chi connectivity index (χ1v) is 7.67. The lowest BCUT2D eigenvalue weighted by Crippen LogP contribution is -2.22. The number of nitrogens with one attached hydrogen (secondary N) is 2. The number of anilines is 3. The second kappa shape index (κ2) is 6.73. The maximum absolute atomic E-state index is 11.1. The minimum atomic E-state index is -0.214. The molecule has 0 aliphatic rings. The Morgan fingerprint density at radius 2 is 1.74 bits per heavy atom. The van der Waals surface area contributed by atoms with Crippen molar-refractivity contribution in [3.8, 4) is 5.75 Å². The van der Waals surface area contributed by atoms with E-state index in [9.17, 15) is 4.79 Å². The Hall–Kier alpha value is -2.49. The molecule has 4 heteroatoms. The number of hydrogen-bond donors (Lipinski definition) is 2. The summed E-state index contributed by atoms with van der Waals surface area (Å²) in [6.45, 7) is 9.62. The van der Waals surface area contributed by atoms with E-state index in [1.54, 1.807) is 0 Å². The van der Waals surface area contributed by atoms with E-state index < -0.39 is 0 Å². The number of carbonyl (C=O) groups excluding carboxylic acids is 1. The predicted octanol–water partition coefficient (Wildman–Crippen LogP) is 4.87. The zero-order valence-corrected chi connectivity index (χ0v) is 14.4. The highest BCUT2D eigenvalue weighted by Gasteiger charge is 2.12. The quantitative estimate of drug-likeness (QED) is 0.846. The number of aryl methyl sites for hydroxylation is 1. The van der Waals surface area contributed by atoms with Gasteiger partial charge in [0, 0.05) is 24.0 Å².